The van der Waals surface area contributed by atoms with Gasteiger partial charge in [0.25, 0.3) is 0 Å². The lowest BCUT2D eigenvalue weighted by Crippen LogP contribution is -2.27. The molecule has 0 spiro atoms. The normalized spacial score (nSPS) is 24.2. The van der Waals surface area contributed by atoms with Crippen LogP contribution in [-0.4, -0.2) is 23.9 Å². The van der Waals surface area contributed by atoms with Gasteiger partial charge in [-0.2, -0.15) is 0 Å². The number of carbonyl (C=O) groups excluding carboxylic acids is 1. The molecule has 0 aromatic heterocycles. The van der Waals surface area contributed by atoms with Gasteiger partial charge in [0.15, 0.2) is 6.10 Å². The summed E-state index contributed by atoms with van der Waals surface area (Å²) >= 11 is 0. The quantitative estimate of drug-likeness (QED) is 0.584. The summed E-state index contributed by atoms with van der Waals surface area (Å²) in [6.07, 6.45) is 0.423. The first-order chi connectivity index (χ1) is 5.59. The van der Waals surface area contributed by atoms with Crippen molar-refractivity contribution in [2.24, 2.45) is 5.16 Å². The summed E-state index contributed by atoms with van der Waals surface area (Å²) in [6.45, 7) is 5.08. The average molecular weight is 171 g/mol. The van der Waals surface area contributed by atoms with Crippen molar-refractivity contribution in [2.45, 2.75) is 39.4 Å². The van der Waals surface area contributed by atoms with Crippen molar-refractivity contribution < 1.29 is 14.4 Å². The van der Waals surface area contributed by atoms with Crippen LogP contribution in [0.1, 0.15) is 27.2 Å². The smallest absolute Gasteiger partial charge is 0.303 e. The van der Waals surface area contributed by atoms with Gasteiger partial charge < -0.3 is 9.57 Å². The number of hydrogen-bond acceptors (Lipinski definition) is 4. The van der Waals surface area contributed by atoms with Gasteiger partial charge in [0, 0.05) is 13.3 Å². The Kier molecular flexibility index (Phi) is 2.68. The largest absolute Gasteiger partial charge is 0.459 e. The lowest BCUT2D eigenvalue weighted by molar-refractivity contribution is -0.152. The molecule has 0 saturated heterocycles. The summed E-state index contributed by atoms with van der Waals surface area (Å²) < 4.78 is 4.95. The maximum Gasteiger partial charge on any atom is 0.303 e. The summed E-state index contributed by atoms with van der Waals surface area (Å²) in [4.78, 5) is 15.6. The fourth-order valence-electron chi connectivity index (χ4n) is 1.11. The number of hydrogen-bond donors (Lipinski definition) is 0. The van der Waals surface area contributed by atoms with Crippen LogP contribution in [0.3, 0.4) is 0 Å². The van der Waals surface area contributed by atoms with Gasteiger partial charge in [-0.15, -0.1) is 0 Å². The van der Waals surface area contributed by atoms with Gasteiger partial charge in [-0.25, -0.2) is 0 Å². The molecule has 0 saturated carbocycles. The second-order valence-electron chi connectivity index (χ2n) is 2.99. The van der Waals surface area contributed by atoms with Crippen LogP contribution in [0.4, 0.5) is 0 Å². The molecular weight excluding hydrogens is 158 g/mol. The summed E-state index contributed by atoms with van der Waals surface area (Å²) in [7, 11) is 0. The van der Waals surface area contributed by atoms with Crippen molar-refractivity contribution in [3.05, 3.63) is 0 Å². The Balaban J connectivity index is 2.35. The Bertz CT molecular complexity index is 212. The van der Waals surface area contributed by atoms with Gasteiger partial charge in [0.1, 0.15) is 6.10 Å². The molecule has 0 fully saturated rings. The van der Waals surface area contributed by atoms with Gasteiger partial charge in [-0.1, -0.05) is 5.16 Å². The molecule has 1 aliphatic rings. The molecular formula is C8H13NO3. The van der Waals surface area contributed by atoms with Crippen LogP contribution in [-0.2, 0) is 14.4 Å². The molecule has 68 valence electrons. The van der Waals surface area contributed by atoms with E-state index in [0.717, 1.165) is 12.1 Å². The Morgan fingerprint density at radius 1 is 1.83 bits per heavy atom. The molecule has 0 radical (unpaired) electrons. The van der Waals surface area contributed by atoms with Gasteiger partial charge in [0.05, 0.1) is 5.71 Å². The maximum absolute atomic E-state index is 10.6. The van der Waals surface area contributed by atoms with E-state index in [9.17, 15) is 4.79 Å². The van der Waals surface area contributed by atoms with Gasteiger partial charge in [0.2, 0.25) is 0 Å². The summed E-state index contributed by atoms with van der Waals surface area (Å²) in [6, 6.07) is 0. The lowest BCUT2D eigenvalue weighted by atomic mass is 10.1. The topological polar surface area (TPSA) is 47.9 Å². The first-order valence-corrected chi connectivity index (χ1v) is 3.96. The molecule has 1 heterocycles. The molecule has 1 rings (SSSR count). The van der Waals surface area contributed by atoms with Gasteiger partial charge in [-0.05, 0) is 13.8 Å². The van der Waals surface area contributed by atoms with Crippen LogP contribution < -0.4 is 0 Å². The number of esters is 1. The van der Waals surface area contributed by atoms with Crippen molar-refractivity contribution in [2.75, 3.05) is 0 Å². The second kappa shape index (κ2) is 3.56. The average Bonchev–Trinajstić information content (AvgIpc) is 2.34. The zero-order valence-electron chi connectivity index (χ0n) is 7.53. The molecule has 0 aromatic rings. The highest BCUT2D eigenvalue weighted by Gasteiger charge is 2.26. The highest BCUT2D eigenvalue weighted by atomic mass is 16.7. The van der Waals surface area contributed by atoms with E-state index in [2.05, 4.69) is 5.16 Å². The van der Waals surface area contributed by atoms with E-state index in [1.54, 1.807) is 6.92 Å². The second-order valence-corrected chi connectivity index (χ2v) is 2.99. The first-order valence-electron chi connectivity index (χ1n) is 3.96. The fraction of sp³-hybridized carbons (Fsp3) is 0.750. The van der Waals surface area contributed by atoms with Crippen molar-refractivity contribution >= 4 is 11.7 Å². The predicted octanol–water partition coefficient (Wildman–Crippen LogP) is 1.10. The minimum atomic E-state index is -0.282. The van der Waals surface area contributed by atoms with E-state index in [0.29, 0.717) is 0 Å². The Hall–Kier alpha value is -1.06. The summed E-state index contributed by atoms with van der Waals surface area (Å²) in [5.74, 6) is -0.282. The summed E-state index contributed by atoms with van der Waals surface area (Å²) in [5, 5.41) is 3.77. The molecule has 0 N–H and O–H groups in total. The number of oxime groups is 1. The Labute approximate surface area is 71.5 Å². The molecule has 4 nitrogen and oxygen atoms in total. The van der Waals surface area contributed by atoms with Crippen molar-refractivity contribution in [1.82, 2.24) is 0 Å². The molecule has 0 aromatic carbocycles. The van der Waals surface area contributed by atoms with E-state index in [1.165, 1.54) is 6.92 Å². The molecule has 0 amide bonds. The van der Waals surface area contributed by atoms with E-state index >= 15 is 0 Å². The fourth-order valence-corrected chi connectivity index (χ4v) is 1.11. The predicted molar refractivity (Wildman–Crippen MR) is 43.8 cm³/mol. The van der Waals surface area contributed by atoms with Crippen molar-refractivity contribution in [3.63, 3.8) is 0 Å². The summed E-state index contributed by atoms with van der Waals surface area (Å²) in [5.41, 5.74) is 0.944. The van der Waals surface area contributed by atoms with Crippen LogP contribution >= 0.6 is 0 Å². The third-order valence-corrected chi connectivity index (χ3v) is 1.72. The zero-order chi connectivity index (χ0) is 9.14. The number of carbonyl (C=O) groups is 1. The van der Waals surface area contributed by atoms with Crippen LogP contribution in [0.15, 0.2) is 5.16 Å². The van der Waals surface area contributed by atoms with E-state index in [1.807, 2.05) is 6.92 Å². The standard InChI is InChI=1S/C8H13NO3/c1-5-4-8(12-9-5)6(2)11-7(3)10/h6,8H,4H2,1-3H3/t6-,8+/m0/s1. The van der Waals surface area contributed by atoms with E-state index in [-0.39, 0.29) is 18.2 Å². The van der Waals surface area contributed by atoms with Gasteiger partial charge >= 0.3 is 5.97 Å². The first kappa shape index (κ1) is 9.03. The minimum absolute atomic E-state index is 0.103. The molecule has 0 aliphatic carbocycles. The highest BCUT2D eigenvalue weighted by Crippen LogP contribution is 2.15. The third-order valence-electron chi connectivity index (χ3n) is 1.72. The van der Waals surface area contributed by atoms with Gasteiger partial charge in [-0.3, -0.25) is 4.79 Å². The van der Waals surface area contributed by atoms with Crippen LogP contribution in [0.25, 0.3) is 0 Å². The Morgan fingerprint density at radius 3 is 2.92 bits per heavy atom. The molecule has 0 bridgehead atoms. The monoisotopic (exact) mass is 171 g/mol. The number of rotatable bonds is 2. The number of nitrogens with zero attached hydrogens (tertiary/aromatic N) is 1. The number of ether oxygens (including phenoxy) is 1. The third kappa shape index (κ3) is 2.22. The van der Waals surface area contributed by atoms with E-state index in [4.69, 9.17) is 9.57 Å². The minimum Gasteiger partial charge on any atom is -0.459 e. The van der Waals surface area contributed by atoms with Crippen molar-refractivity contribution in [1.29, 1.82) is 0 Å². The molecule has 2 atom stereocenters. The molecule has 4 heteroatoms. The zero-order valence-corrected chi connectivity index (χ0v) is 7.53. The SMILES string of the molecule is CC(=O)O[C@@H](C)[C@H]1CC(C)=NO1. The van der Waals surface area contributed by atoms with Crippen LogP contribution in [0, 0.1) is 0 Å². The molecule has 1 aliphatic heterocycles. The lowest BCUT2D eigenvalue weighted by Gasteiger charge is -2.16. The van der Waals surface area contributed by atoms with Crippen molar-refractivity contribution in [3.8, 4) is 0 Å². The Morgan fingerprint density at radius 2 is 2.50 bits per heavy atom. The maximum atomic E-state index is 10.6. The molecule has 0 unspecified atom stereocenters. The van der Waals surface area contributed by atoms with E-state index < -0.39 is 0 Å². The van der Waals surface area contributed by atoms with Crippen LogP contribution in [0.2, 0.25) is 0 Å². The molecule has 12 heavy (non-hydrogen) atoms. The van der Waals surface area contributed by atoms with Crippen LogP contribution in [0.5, 0.6) is 0 Å². The highest BCUT2D eigenvalue weighted by molar-refractivity contribution is 5.82.